The maximum Gasteiger partial charge on any atom is 0.191 e. The second kappa shape index (κ2) is 13.7. The molecule has 1 aliphatic heterocycles. The van der Waals surface area contributed by atoms with Crippen molar-refractivity contribution in [2.45, 2.75) is 26.3 Å². The summed E-state index contributed by atoms with van der Waals surface area (Å²) in [7, 11) is 1.83. The van der Waals surface area contributed by atoms with E-state index in [1.165, 1.54) is 6.42 Å². The molecule has 0 aliphatic carbocycles. The van der Waals surface area contributed by atoms with E-state index in [0.717, 1.165) is 51.1 Å². The smallest absolute Gasteiger partial charge is 0.191 e. The zero-order valence-electron chi connectivity index (χ0n) is 14.4. The fraction of sp³-hybridized carbons (Fsp3) is 0.933. The first kappa shape index (κ1) is 22.3. The topological polar surface area (TPSA) is 48.9 Å². The van der Waals surface area contributed by atoms with Gasteiger partial charge in [0, 0.05) is 45.0 Å². The first-order valence-corrected chi connectivity index (χ1v) is 9.32. The van der Waals surface area contributed by atoms with Crippen LogP contribution in [0.15, 0.2) is 4.99 Å². The number of thioether (sulfide) groups is 1. The quantitative estimate of drug-likeness (QED) is 0.259. The van der Waals surface area contributed by atoms with Gasteiger partial charge in [-0.3, -0.25) is 9.89 Å². The van der Waals surface area contributed by atoms with Gasteiger partial charge in [0.25, 0.3) is 0 Å². The van der Waals surface area contributed by atoms with Crippen LogP contribution in [0.25, 0.3) is 0 Å². The Morgan fingerprint density at radius 1 is 1.27 bits per heavy atom. The molecular formula is C15H33IN4OS. The van der Waals surface area contributed by atoms with Gasteiger partial charge in [-0.15, -0.1) is 24.0 Å². The molecule has 0 spiro atoms. The monoisotopic (exact) mass is 444 g/mol. The van der Waals surface area contributed by atoms with Gasteiger partial charge >= 0.3 is 0 Å². The van der Waals surface area contributed by atoms with Crippen LogP contribution in [0.1, 0.15) is 20.3 Å². The summed E-state index contributed by atoms with van der Waals surface area (Å²) in [5.74, 6) is 2.71. The summed E-state index contributed by atoms with van der Waals surface area (Å²) < 4.78 is 5.47. The second-order valence-corrected chi connectivity index (χ2v) is 6.79. The van der Waals surface area contributed by atoms with Crippen LogP contribution >= 0.6 is 35.7 Å². The Bertz CT molecular complexity index is 299. The van der Waals surface area contributed by atoms with Crippen molar-refractivity contribution in [2.75, 3.05) is 58.4 Å². The average molecular weight is 444 g/mol. The Morgan fingerprint density at radius 3 is 2.50 bits per heavy atom. The van der Waals surface area contributed by atoms with Crippen LogP contribution < -0.4 is 10.6 Å². The van der Waals surface area contributed by atoms with Gasteiger partial charge in [-0.25, -0.2) is 0 Å². The summed E-state index contributed by atoms with van der Waals surface area (Å²) in [5, 5.41) is 6.84. The Balaban J connectivity index is 0.00000441. The van der Waals surface area contributed by atoms with Crippen LogP contribution in [0.5, 0.6) is 0 Å². The van der Waals surface area contributed by atoms with Crippen molar-refractivity contribution >= 4 is 41.7 Å². The number of ether oxygens (including phenoxy) is 1. The molecule has 0 radical (unpaired) electrons. The number of guanidine groups is 1. The van der Waals surface area contributed by atoms with E-state index in [4.69, 9.17) is 4.74 Å². The van der Waals surface area contributed by atoms with Gasteiger partial charge in [0.05, 0.1) is 13.2 Å². The van der Waals surface area contributed by atoms with Crippen LogP contribution in [0.2, 0.25) is 0 Å². The molecule has 0 aromatic carbocycles. The highest BCUT2D eigenvalue weighted by Crippen LogP contribution is 2.12. The van der Waals surface area contributed by atoms with Gasteiger partial charge in [-0.2, -0.15) is 11.8 Å². The predicted molar refractivity (Wildman–Crippen MR) is 109 cm³/mol. The molecule has 1 aliphatic rings. The molecule has 2 N–H and O–H groups in total. The lowest BCUT2D eigenvalue weighted by Gasteiger charge is -2.35. The lowest BCUT2D eigenvalue weighted by atomic mass is 10.0. The van der Waals surface area contributed by atoms with E-state index in [1.54, 1.807) is 0 Å². The van der Waals surface area contributed by atoms with Crippen molar-refractivity contribution in [3.05, 3.63) is 0 Å². The van der Waals surface area contributed by atoms with E-state index in [0.29, 0.717) is 12.0 Å². The lowest BCUT2D eigenvalue weighted by Crippen LogP contribution is -2.51. The summed E-state index contributed by atoms with van der Waals surface area (Å²) in [6.45, 7) is 10.3. The van der Waals surface area contributed by atoms with Crippen LogP contribution in [0.3, 0.4) is 0 Å². The summed E-state index contributed by atoms with van der Waals surface area (Å²) >= 11 is 1.84. The highest BCUT2D eigenvalue weighted by Gasteiger charge is 2.22. The van der Waals surface area contributed by atoms with E-state index in [9.17, 15) is 0 Å². The van der Waals surface area contributed by atoms with Crippen LogP contribution in [0, 0.1) is 5.92 Å². The van der Waals surface area contributed by atoms with Gasteiger partial charge in [-0.1, -0.05) is 13.8 Å². The van der Waals surface area contributed by atoms with E-state index in [-0.39, 0.29) is 24.0 Å². The zero-order valence-corrected chi connectivity index (χ0v) is 17.6. The number of halogens is 1. The third-order valence-electron chi connectivity index (χ3n) is 3.63. The fourth-order valence-electron chi connectivity index (χ4n) is 2.55. The van der Waals surface area contributed by atoms with E-state index < -0.39 is 0 Å². The molecule has 1 rings (SSSR count). The van der Waals surface area contributed by atoms with Crippen molar-refractivity contribution in [3.63, 3.8) is 0 Å². The van der Waals surface area contributed by atoms with Gasteiger partial charge in [0.2, 0.25) is 0 Å². The normalized spacial score (nSPS) is 18.0. The van der Waals surface area contributed by atoms with Crippen molar-refractivity contribution < 1.29 is 4.74 Å². The maximum atomic E-state index is 5.47. The van der Waals surface area contributed by atoms with Crippen molar-refractivity contribution in [3.8, 4) is 0 Å². The molecule has 0 bridgehead atoms. The minimum Gasteiger partial charge on any atom is -0.379 e. The highest BCUT2D eigenvalue weighted by atomic mass is 127. The molecule has 5 nitrogen and oxygen atoms in total. The third-order valence-corrected chi connectivity index (χ3v) is 4.25. The molecule has 0 amide bonds. The van der Waals surface area contributed by atoms with Gasteiger partial charge < -0.3 is 15.4 Å². The molecule has 1 heterocycles. The number of hydrogen-bond acceptors (Lipinski definition) is 4. The number of nitrogens with one attached hydrogen (secondary N) is 2. The van der Waals surface area contributed by atoms with Crippen LogP contribution in [-0.2, 0) is 4.74 Å². The first-order chi connectivity index (χ1) is 10.2. The van der Waals surface area contributed by atoms with E-state index >= 15 is 0 Å². The summed E-state index contributed by atoms with van der Waals surface area (Å²) in [4.78, 5) is 6.85. The zero-order chi connectivity index (χ0) is 15.5. The Kier molecular flexibility index (Phi) is 13.9. The molecular weight excluding hydrogens is 411 g/mol. The minimum atomic E-state index is 0. The third kappa shape index (κ3) is 9.42. The molecule has 0 aromatic heterocycles. The molecule has 1 fully saturated rings. The molecule has 132 valence electrons. The average Bonchev–Trinajstić information content (AvgIpc) is 2.50. The molecule has 1 saturated heterocycles. The Hall–Kier alpha value is 0.270. The van der Waals surface area contributed by atoms with E-state index in [1.807, 2.05) is 18.8 Å². The molecule has 0 saturated carbocycles. The highest BCUT2D eigenvalue weighted by molar-refractivity contribution is 14.0. The van der Waals surface area contributed by atoms with Gasteiger partial charge in [0.1, 0.15) is 0 Å². The van der Waals surface area contributed by atoms with Gasteiger partial charge in [0.15, 0.2) is 5.96 Å². The SMILES string of the molecule is CN=C(NCCSC)NCC(CC(C)C)N1CCOCC1.I. The van der Waals surface area contributed by atoms with Gasteiger partial charge in [-0.05, 0) is 18.6 Å². The largest absolute Gasteiger partial charge is 0.379 e. The number of aliphatic imine (C=N–C) groups is 1. The standard InChI is InChI=1S/C15H32N4OS.HI/c1-13(2)11-14(19-6-8-20-9-7-19)12-18-15(16-3)17-5-10-21-4;/h13-14H,5-12H2,1-4H3,(H2,16,17,18);1H. The van der Waals surface area contributed by atoms with Crippen molar-refractivity contribution in [2.24, 2.45) is 10.9 Å². The summed E-state index contributed by atoms with van der Waals surface area (Å²) in [6, 6.07) is 0.549. The molecule has 0 aromatic rings. The lowest BCUT2D eigenvalue weighted by molar-refractivity contribution is 0.0132. The summed E-state index contributed by atoms with van der Waals surface area (Å²) in [6.07, 6.45) is 3.32. The van der Waals surface area contributed by atoms with Crippen LogP contribution in [-0.4, -0.2) is 75.4 Å². The van der Waals surface area contributed by atoms with E-state index in [2.05, 4.69) is 40.6 Å². The number of morpholine rings is 1. The number of rotatable bonds is 8. The van der Waals surface area contributed by atoms with Crippen molar-refractivity contribution in [1.29, 1.82) is 0 Å². The number of nitrogens with zero attached hydrogens (tertiary/aromatic N) is 2. The molecule has 1 unspecified atom stereocenters. The Labute approximate surface area is 157 Å². The molecule has 22 heavy (non-hydrogen) atoms. The number of hydrogen-bond donors (Lipinski definition) is 2. The second-order valence-electron chi connectivity index (χ2n) is 5.80. The fourth-order valence-corrected chi connectivity index (χ4v) is 2.86. The molecule has 1 atom stereocenters. The minimum absolute atomic E-state index is 0. The molecule has 7 heteroatoms. The summed E-state index contributed by atoms with van der Waals surface area (Å²) in [5.41, 5.74) is 0. The Morgan fingerprint density at radius 2 is 1.95 bits per heavy atom. The van der Waals surface area contributed by atoms with Crippen molar-refractivity contribution in [1.82, 2.24) is 15.5 Å². The van der Waals surface area contributed by atoms with Crippen LogP contribution in [0.4, 0.5) is 0 Å². The maximum absolute atomic E-state index is 5.47. The predicted octanol–water partition coefficient (Wildman–Crippen LogP) is 1.88. The first-order valence-electron chi connectivity index (χ1n) is 7.92.